The number of fused-ring (bicyclic) bond motifs is 1. The van der Waals surface area contributed by atoms with E-state index < -0.39 is 17.2 Å². The number of carbonyl (C=O) groups excluding carboxylic acids is 1. The highest BCUT2D eigenvalue weighted by molar-refractivity contribution is 5.85. The molecule has 1 heterocycles. The van der Waals surface area contributed by atoms with Gasteiger partial charge in [0.25, 0.3) is 5.56 Å². The SMILES string of the molecule is COC(=O)Cn1c(Cc2cccc3ccccc23)c(C)c(=O)[nH]c1=O. The first-order chi connectivity index (χ1) is 12.0. The van der Waals surface area contributed by atoms with Gasteiger partial charge in [0.05, 0.1) is 7.11 Å². The minimum atomic E-state index is -0.615. The van der Waals surface area contributed by atoms with Crippen molar-refractivity contribution < 1.29 is 9.53 Å². The molecule has 0 spiro atoms. The Bertz CT molecular complexity index is 1060. The molecule has 3 aromatic rings. The second-order valence-corrected chi connectivity index (χ2v) is 5.81. The van der Waals surface area contributed by atoms with Gasteiger partial charge in [-0.05, 0) is 23.3 Å². The minimum Gasteiger partial charge on any atom is -0.468 e. The highest BCUT2D eigenvalue weighted by atomic mass is 16.5. The number of nitrogens with zero attached hydrogens (tertiary/aromatic N) is 1. The number of hydrogen-bond donors (Lipinski definition) is 1. The number of H-pyrrole nitrogens is 1. The lowest BCUT2D eigenvalue weighted by atomic mass is 9.99. The summed E-state index contributed by atoms with van der Waals surface area (Å²) >= 11 is 0. The van der Waals surface area contributed by atoms with Crippen LogP contribution in [0, 0.1) is 6.92 Å². The fraction of sp³-hybridized carbons (Fsp3) is 0.211. The van der Waals surface area contributed by atoms with Crippen molar-refractivity contribution in [1.82, 2.24) is 9.55 Å². The van der Waals surface area contributed by atoms with E-state index in [9.17, 15) is 14.4 Å². The maximum atomic E-state index is 12.2. The van der Waals surface area contributed by atoms with E-state index in [-0.39, 0.29) is 6.54 Å². The molecule has 0 unspecified atom stereocenters. The molecule has 25 heavy (non-hydrogen) atoms. The Morgan fingerprint density at radius 3 is 2.60 bits per heavy atom. The molecule has 128 valence electrons. The molecular formula is C19H18N2O4. The normalized spacial score (nSPS) is 10.8. The van der Waals surface area contributed by atoms with E-state index in [0.717, 1.165) is 16.3 Å². The predicted octanol–water partition coefficient (Wildman–Crippen LogP) is 1.76. The van der Waals surface area contributed by atoms with Gasteiger partial charge < -0.3 is 4.74 Å². The van der Waals surface area contributed by atoms with E-state index in [1.165, 1.54) is 11.7 Å². The van der Waals surface area contributed by atoms with Gasteiger partial charge in [0.1, 0.15) is 6.54 Å². The molecule has 1 N–H and O–H groups in total. The Morgan fingerprint density at radius 2 is 1.84 bits per heavy atom. The molecule has 6 nitrogen and oxygen atoms in total. The molecule has 2 aromatic carbocycles. The first kappa shape index (κ1) is 16.7. The van der Waals surface area contributed by atoms with Crippen LogP contribution in [0.1, 0.15) is 16.8 Å². The Morgan fingerprint density at radius 1 is 1.12 bits per heavy atom. The maximum absolute atomic E-state index is 12.2. The summed E-state index contributed by atoms with van der Waals surface area (Å²) in [5, 5.41) is 2.12. The maximum Gasteiger partial charge on any atom is 0.329 e. The molecule has 1 aromatic heterocycles. The monoisotopic (exact) mass is 338 g/mol. The number of rotatable bonds is 4. The fourth-order valence-electron chi connectivity index (χ4n) is 2.93. The average Bonchev–Trinajstić information content (AvgIpc) is 2.62. The number of ether oxygens (including phenoxy) is 1. The van der Waals surface area contributed by atoms with Gasteiger partial charge in [0.2, 0.25) is 0 Å². The molecule has 0 aliphatic carbocycles. The first-order valence-corrected chi connectivity index (χ1v) is 7.87. The third-order valence-electron chi connectivity index (χ3n) is 4.32. The van der Waals surface area contributed by atoms with Crippen LogP contribution in [0.2, 0.25) is 0 Å². The molecule has 0 bridgehead atoms. The molecule has 0 atom stereocenters. The number of nitrogens with one attached hydrogen (secondary N) is 1. The zero-order valence-corrected chi connectivity index (χ0v) is 14.0. The summed E-state index contributed by atoms with van der Waals surface area (Å²) in [6, 6.07) is 13.8. The second-order valence-electron chi connectivity index (χ2n) is 5.81. The van der Waals surface area contributed by atoms with E-state index in [2.05, 4.69) is 9.72 Å². The number of hydrogen-bond acceptors (Lipinski definition) is 4. The molecule has 6 heteroatoms. The Balaban J connectivity index is 2.17. The molecule has 0 aliphatic rings. The number of carbonyl (C=O) groups is 1. The highest BCUT2D eigenvalue weighted by Gasteiger charge is 2.16. The predicted molar refractivity (Wildman–Crippen MR) is 94.8 cm³/mol. The van der Waals surface area contributed by atoms with Crippen molar-refractivity contribution in [3.8, 4) is 0 Å². The van der Waals surface area contributed by atoms with Crippen LogP contribution in [0.4, 0.5) is 0 Å². The van der Waals surface area contributed by atoms with Crippen LogP contribution >= 0.6 is 0 Å². The van der Waals surface area contributed by atoms with Crippen molar-refractivity contribution in [2.75, 3.05) is 7.11 Å². The lowest BCUT2D eigenvalue weighted by molar-refractivity contribution is -0.141. The molecule has 0 saturated carbocycles. The molecule has 0 aliphatic heterocycles. The van der Waals surface area contributed by atoms with Crippen molar-refractivity contribution in [1.29, 1.82) is 0 Å². The van der Waals surface area contributed by atoms with Crippen LogP contribution in [-0.2, 0) is 22.5 Å². The summed E-state index contributed by atoms with van der Waals surface area (Å²) in [4.78, 5) is 38.2. The Labute approximate surface area is 143 Å². The molecular weight excluding hydrogens is 320 g/mol. The van der Waals surface area contributed by atoms with Gasteiger partial charge in [-0.15, -0.1) is 0 Å². The van der Waals surface area contributed by atoms with Crippen molar-refractivity contribution in [3.05, 3.63) is 80.1 Å². The van der Waals surface area contributed by atoms with Crippen molar-refractivity contribution >= 4 is 16.7 Å². The standard InChI is InChI=1S/C19H18N2O4/c1-12-16(21(11-17(22)25-2)19(24)20-18(12)23)10-14-8-5-7-13-6-3-4-9-15(13)14/h3-9H,10-11H2,1-2H3,(H,20,23,24). The van der Waals surface area contributed by atoms with Gasteiger partial charge in [-0.1, -0.05) is 42.5 Å². The van der Waals surface area contributed by atoms with E-state index >= 15 is 0 Å². The van der Waals surface area contributed by atoms with E-state index in [4.69, 9.17) is 0 Å². The summed E-state index contributed by atoms with van der Waals surface area (Å²) in [6.07, 6.45) is 0.364. The lowest BCUT2D eigenvalue weighted by Crippen LogP contribution is -2.36. The molecule has 3 rings (SSSR count). The minimum absolute atomic E-state index is 0.243. The van der Waals surface area contributed by atoms with Crippen molar-refractivity contribution in [2.24, 2.45) is 0 Å². The summed E-state index contributed by atoms with van der Waals surface area (Å²) in [5.74, 6) is -0.548. The summed E-state index contributed by atoms with van der Waals surface area (Å²) in [5.41, 5.74) is 0.842. The van der Waals surface area contributed by atoms with Gasteiger partial charge in [-0.3, -0.25) is 19.1 Å². The van der Waals surface area contributed by atoms with Gasteiger partial charge in [0.15, 0.2) is 0 Å². The van der Waals surface area contributed by atoms with E-state index in [1.807, 2.05) is 42.5 Å². The molecule has 0 saturated heterocycles. The van der Waals surface area contributed by atoms with Gasteiger partial charge >= 0.3 is 11.7 Å². The van der Waals surface area contributed by atoms with Crippen molar-refractivity contribution in [2.45, 2.75) is 19.9 Å². The van der Waals surface area contributed by atoms with Crippen LogP contribution in [0.25, 0.3) is 10.8 Å². The zero-order valence-electron chi connectivity index (χ0n) is 14.0. The third-order valence-corrected chi connectivity index (χ3v) is 4.32. The topological polar surface area (TPSA) is 81.2 Å². The largest absolute Gasteiger partial charge is 0.468 e. The first-order valence-electron chi connectivity index (χ1n) is 7.87. The molecule has 0 radical (unpaired) electrons. The summed E-state index contributed by atoms with van der Waals surface area (Å²) < 4.78 is 5.93. The smallest absolute Gasteiger partial charge is 0.329 e. The Kier molecular flexibility index (Phi) is 4.52. The fourth-order valence-corrected chi connectivity index (χ4v) is 2.93. The van der Waals surface area contributed by atoms with Gasteiger partial charge in [-0.25, -0.2) is 4.79 Å². The number of esters is 1. The molecule has 0 fully saturated rings. The van der Waals surface area contributed by atoms with Crippen LogP contribution in [0.5, 0.6) is 0 Å². The van der Waals surface area contributed by atoms with E-state index in [1.54, 1.807) is 6.92 Å². The van der Waals surface area contributed by atoms with Crippen LogP contribution < -0.4 is 11.2 Å². The second kappa shape index (κ2) is 6.76. The van der Waals surface area contributed by atoms with Crippen LogP contribution in [0.3, 0.4) is 0 Å². The quantitative estimate of drug-likeness (QED) is 0.735. The molecule has 0 amide bonds. The highest BCUT2D eigenvalue weighted by Crippen LogP contribution is 2.21. The number of methoxy groups -OCH3 is 1. The zero-order chi connectivity index (χ0) is 18.0. The van der Waals surface area contributed by atoms with Crippen molar-refractivity contribution in [3.63, 3.8) is 0 Å². The number of benzene rings is 2. The van der Waals surface area contributed by atoms with Gasteiger partial charge in [-0.2, -0.15) is 0 Å². The summed E-state index contributed by atoms with van der Waals surface area (Å²) in [6.45, 7) is 1.40. The van der Waals surface area contributed by atoms with E-state index in [0.29, 0.717) is 17.7 Å². The average molecular weight is 338 g/mol. The Hall–Kier alpha value is -3.15. The lowest BCUT2D eigenvalue weighted by Gasteiger charge is -2.15. The number of aromatic amines is 1. The van der Waals surface area contributed by atoms with Gasteiger partial charge in [0, 0.05) is 17.7 Å². The third kappa shape index (κ3) is 3.24. The van der Waals surface area contributed by atoms with Crippen LogP contribution in [-0.4, -0.2) is 22.6 Å². The van der Waals surface area contributed by atoms with Crippen LogP contribution in [0.15, 0.2) is 52.1 Å². The summed E-state index contributed by atoms with van der Waals surface area (Å²) in [7, 11) is 1.26. The number of aromatic nitrogens is 2.